The largest absolute Gasteiger partial charge is 0.0769 e. The van der Waals surface area contributed by atoms with Gasteiger partial charge in [-0.25, -0.2) is 0 Å². The summed E-state index contributed by atoms with van der Waals surface area (Å²) >= 11 is 0. The van der Waals surface area contributed by atoms with E-state index < -0.39 is 0 Å². The first-order valence-corrected chi connectivity index (χ1v) is 4.97. The van der Waals surface area contributed by atoms with Crippen LogP contribution in [0.2, 0.25) is 0 Å². The molecule has 1 aromatic carbocycles. The van der Waals surface area contributed by atoms with Gasteiger partial charge in [-0.3, -0.25) is 0 Å². The van der Waals surface area contributed by atoms with Crippen molar-refractivity contribution in [2.75, 3.05) is 0 Å². The average molecular weight is 172 g/mol. The maximum atomic E-state index is 2.22. The molecule has 0 bridgehead atoms. The number of hydrogen-bond donors (Lipinski definition) is 0. The third-order valence-electron chi connectivity index (χ3n) is 2.77. The minimum absolute atomic E-state index is 0.854. The van der Waals surface area contributed by atoms with E-state index in [-0.39, 0.29) is 0 Å². The van der Waals surface area contributed by atoms with Gasteiger partial charge in [-0.05, 0) is 38.2 Å². The molecule has 1 aliphatic carbocycles. The first kappa shape index (κ1) is 8.55. The van der Waals surface area contributed by atoms with Crippen LogP contribution in [-0.4, -0.2) is 0 Å². The van der Waals surface area contributed by atoms with Crippen LogP contribution in [0.15, 0.2) is 41.5 Å². The van der Waals surface area contributed by atoms with Crippen molar-refractivity contribution >= 4 is 0 Å². The smallest absolute Gasteiger partial charge is 0.0123 e. The Hall–Kier alpha value is -1.04. The molecule has 1 unspecified atom stereocenters. The van der Waals surface area contributed by atoms with Gasteiger partial charge in [-0.15, -0.1) is 0 Å². The van der Waals surface area contributed by atoms with Crippen LogP contribution < -0.4 is 0 Å². The van der Waals surface area contributed by atoms with Crippen molar-refractivity contribution in [1.82, 2.24) is 0 Å². The van der Waals surface area contributed by atoms with Gasteiger partial charge in [-0.2, -0.15) is 0 Å². The molecular weight excluding hydrogens is 156 g/mol. The second kappa shape index (κ2) is 3.37. The second-order valence-corrected chi connectivity index (χ2v) is 4.12. The zero-order valence-corrected chi connectivity index (χ0v) is 8.38. The fourth-order valence-electron chi connectivity index (χ4n) is 1.91. The summed E-state index contributed by atoms with van der Waals surface area (Å²) < 4.78 is 0. The summed E-state index contributed by atoms with van der Waals surface area (Å²) in [5.41, 5.74) is 4.69. The van der Waals surface area contributed by atoms with E-state index in [2.05, 4.69) is 44.2 Å². The van der Waals surface area contributed by atoms with E-state index in [1.54, 1.807) is 5.57 Å². The highest BCUT2D eigenvalue weighted by molar-refractivity contribution is 5.31. The Bertz CT molecular complexity index is 315. The summed E-state index contributed by atoms with van der Waals surface area (Å²) in [4.78, 5) is 0. The molecule has 0 heterocycles. The van der Waals surface area contributed by atoms with E-state index in [0.717, 1.165) is 5.92 Å². The Labute approximate surface area is 80.3 Å². The lowest BCUT2D eigenvalue weighted by molar-refractivity contribution is 0.858. The molecule has 0 aromatic heterocycles. The van der Waals surface area contributed by atoms with Crippen molar-refractivity contribution in [3.8, 4) is 0 Å². The first-order valence-electron chi connectivity index (χ1n) is 4.97. The lowest BCUT2D eigenvalue weighted by Crippen LogP contribution is -1.85. The predicted molar refractivity (Wildman–Crippen MR) is 56.6 cm³/mol. The Morgan fingerprint density at radius 3 is 2.46 bits per heavy atom. The molecule has 1 aromatic rings. The van der Waals surface area contributed by atoms with Gasteiger partial charge in [0.15, 0.2) is 0 Å². The Balaban J connectivity index is 1.99. The summed E-state index contributed by atoms with van der Waals surface area (Å²) in [6.45, 7) is 4.45. The molecule has 0 amide bonds. The molecule has 0 heteroatoms. The fraction of sp³-hybridized carbons (Fsp3) is 0.385. The van der Waals surface area contributed by atoms with Gasteiger partial charge >= 0.3 is 0 Å². The molecule has 0 N–H and O–H groups in total. The first-order chi connectivity index (χ1) is 6.27. The minimum Gasteiger partial charge on any atom is -0.0769 e. The SMILES string of the molecule is CC(C)=C1CC1Cc1ccccc1. The van der Waals surface area contributed by atoms with Crippen LogP contribution in [0.3, 0.4) is 0 Å². The summed E-state index contributed by atoms with van der Waals surface area (Å²) in [6.07, 6.45) is 2.57. The van der Waals surface area contributed by atoms with E-state index in [9.17, 15) is 0 Å². The maximum Gasteiger partial charge on any atom is -0.0123 e. The summed E-state index contributed by atoms with van der Waals surface area (Å²) in [6, 6.07) is 10.8. The molecule has 0 saturated heterocycles. The molecule has 2 rings (SSSR count). The Kier molecular flexibility index (Phi) is 2.22. The van der Waals surface area contributed by atoms with Crippen molar-refractivity contribution in [2.45, 2.75) is 26.7 Å². The van der Waals surface area contributed by atoms with Crippen molar-refractivity contribution in [2.24, 2.45) is 5.92 Å². The zero-order chi connectivity index (χ0) is 9.26. The topological polar surface area (TPSA) is 0 Å². The monoisotopic (exact) mass is 172 g/mol. The van der Waals surface area contributed by atoms with E-state index in [4.69, 9.17) is 0 Å². The average Bonchev–Trinajstić information content (AvgIpc) is 2.86. The summed E-state index contributed by atoms with van der Waals surface area (Å²) in [5, 5.41) is 0. The van der Waals surface area contributed by atoms with Crippen LogP contribution in [0.5, 0.6) is 0 Å². The number of hydrogen-bond acceptors (Lipinski definition) is 0. The standard InChI is InChI=1S/C13H16/c1-10(2)13-9-12(13)8-11-6-4-3-5-7-11/h3-7,12H,8-9H2,1-2H3. The lowest BCUT2D eigenvalue weighted by Gasteiger charge is -1.97. The van der Waals surface area contributed by atoms with E-state index in [1.807, 2.05) is 0 Å². The number of benzene rings is 1. The van der Waals surface area contributed by atoms with Gasteiger partial charge < -0.3 is 0 Å². The van der Waals surface area contributed by atoms with Crippen molar-refractivity contribution in [3.05, 3.63) is 47.0 Å². The highest BCUT2D eigenvalue weighted by atomic mass is 14.3. The second-order valence-electron chi connectivity index (χ2n) is 4.12. The molecule has 0 nitrogen and oxygen atoms in total. The molecule has 1 aliphatic rings. The number of rotatable bonds is 2. The van der Waals surface area contributed by atoms with E-state index in [1.165, 1.54) is 24.0 Å². The summed E-state index contributed by atoms with van der Waals surface area (Å²) in [7, 11) is 0. The van der Waals surface area contributed by atoms with Crippen molar-refractivity contribution in [3.63, 3.8) is 0 Å². The minimum atomic E-state index is 0.854. The highest BCUT2D eigenvalue weighted by Gasteiger charge is 2.29. The predicted octanol–water partition coefficient (Wildman–Crippen LogP) is 3.59. The quantitative estimate of drug-likeness (QED) is 0.598. The van der Waals surface area contributed by atoms with Gasteiger partial charge in [0.05, 0.1) is 0 Å². The van der Waals surface area contributed by atoms with Gasteiger partial charge in [0.25, 0.3) is 0 Å². The van der Waals surface area contributed by atoms with Crippen LogP contribution in [-0.2, 0) is 6.42 Å². The van der Waals surface area contributed by atoms with Gasteiger partial charge in [-0.1, -0.05) is 41.5 Å². The van der Waals surface area contributed by atoms with Crippen LogP contribution in [0.1, 0.15) is 25.8 Å². The molecule has 0 radical (unpaired) electrons. The highest BCUT2D eigenvalue weighted by Crippen LogP contribution is 2.42. The molecule has 1 fully saturated rings. The van der Waals surface area contributed by atoms with Crippen molar-refractivity contribution in [1.29, 1.82) is 0 Å². The molecule has 1 atom stereocenters. The third kappa shape index (κ3) is 2.00. The van der Waals surface area contributed by atoms with Crippen LogP contribution in [0.25, 0.3) is 0 Å². The lowest BCUT2D eigenvalue weighted by atomic mass is 10.1. The molecule has 0 aliphatic heterocycles. The molecule has 13 heavy (non-hydrogen) atoms. The van der Waals surface area contributed by atoms with Crippen molar-refractivity contribution < 1.29 is 0 Å². The third-order valence-corrected chi connectivity index (χ3v) is 2.77. The summed E-state index contributed by atoms with van der Waals surface area (Å²) in [5.74, 6) is 0.854. The van der Waals surface area contributed by atoms with Crippen LogP contribution in [0, 0.1) is 5.92 Å². The normalized spacial score (nSPS) is 20.2. The molecule has 68 valence electrons. The van der Waals surface area contributed by atoms with Crippen LogP contribution in [0.4, 0.5) is 0 Å². The maximum absolute atomic E-state index is 2.22. The molecule has 0 spiro atoms. The zero-order valence-electron chi connectivity index (χ0n) is 8.38. The Morgan fingerprint density at radius 2 is 1.92 bits per heavy atom. The van der Waals surface area contributed by atoms with Gasteiger partial charge in [0, 0.05) is 0 Å². The van der Waals surface area contributed by atoms with Gasteiger partial charge in [0.2, 0.25) is 0 Å². The number of allylic oxidation sites excluding steroid dienone is 2. The van der Waals surface area contributed by atoms with Crippen LogP contribution >= 0.6 is 0 Å². The fourth-order valence-corrected chi connectivity index (χ4v) is 1.91. The van der Waals surface area contributed by atoms with Gasteiger partial charge in [0.1, 0.15) is 0 Å². The molecule has 1 saturated carbocycles. The van der Waals surface area contributed by atoms with E-state index >= 15 is 0 Å². The Morgan fingerprint density at radius 1 is 1.23 bits per heavy atom. The van der Waals surface area contributed by atoms with E-state index in [0.29, 0.717) is 0 Å². The molecular formula is C13H16.